The number of hydrogen-bond acceptors (Lipinski definition) is 5. The normalized spacial score (nSPS) is 17.2. The molecule has 0 N–H and O–H groups in total. The Kier molecular flexibility index (Phi) is 6.38. The van der Waals surface area contributed by atoms with Crippen LogP contribution in [0.15, 0.2) is 17.5 Å². The van der Waals surface area contributed by atoms with Crippen molar-refractivity contribution in [2.45, 2.75) is 32.3 Å². The molecule has 2 heterocycles. The van der Waals surface area contributed by atoms with Crippen LogP contribution < -0.4 is 4.74 Å². The first-order valence-corrected chi connectivity index (χ1v) is 9.80. The minimum atomic E-state index is -0.993. The number of halogens is 2. The number of hydrogen-bond donors (Lipinski definition) is 0. The molecule has 1 fully saturated rings. The molecule has 0 unspecified atom stereocenters. The first-order chi connectivity index (χ1) is 13.0. The molecule has 1 saturated heterocycles. The SMILES string of the molecule is CCCCC(=O)N1CCO[C@@H](c2nc(-c3c(OC)ccc(F)c3F)cs2)C1. The van der Waals surface area contributed by atoms with E-state index in [4.69, 9.17) is 9.47 Å². The van der Waals surface area contributed by atoms with E-state index in [2.05, 4.69) is 4.98 Å². The lowest BCUT2D eigenvalue weighted by Crippen LogP contribution is -2.42. The molecular weight excluding hydrogens is 374 g/mol. The van der Waals surface area contributed by atoms with Gasteiger partial charge in [-0.15, -0.1) is 11.3 Å². The van der Waals surface area contributed by atoms with Crippen LogP contribution in [0.25, 0.3) is 11.3 Å². The van der Waals surface area contributed by atoms with Crippen molar-refractivity contribution in [2.24, 2.45) is 0 Å². The van der Waals surface area contributed by atoms with Gasteiger partial charge in [0.25, 0.3) is 0 Å². The summed E-state index contributed by atoms with van der Waals surface area (Å²) in [5.41, 5.74) is 0.286. The summed E-state index contributed by atoms with van der Waals surface area (Å²) in [7, 11) is 1.40. The molecule has 1 atom stereocenters. The number of unbranched alkanes of at least 4 members (excludes halogenated alkanes) is 1. The number of thiazole rings is 1. The van der Waals surface area contributed by atoms with Crippen LogP contribution >= 0.6 is 11.3 Å². The Balaban J connectivity index is 1.80. The lowest BCUT2D eigenvalue weighted by Gasteiger charge is -2.32. The third-order valence-electron chi connectivity index (χ3n) is 4.49. The topological polar surface area (TPSA) is 51.7 Å². The molecule has 5 nitrogen and oxygen atoms in total. The van der Waals surface area contributed by atoms with Crippen LogP contribution in [0, 0.1) is 11.6 Å². The van der Waals surface area contributed by atoms with E-state index in [-0.39, 0.29) is 23.3 Å². The standard InChI is InChI=1S/C19H22F2N2O3S/c1-3-4-5-16(24)23-8-9-26-15(10-23)19-22-13(11-27-19)17-14(25-2)7-6-12(20)18(17)21/h6-7,11,15H,3-5,8-10H2,1-2H3/t15-/m1/s1. The molecule has 0 spiro atoms. The Morgan fingerprint density at radius 2 is 2.26 bits per heavy atom. The van der Waals surface area contributed by atoms with E-state index in [9.17, 15) is 13.6 Å². The summed E-state index contributed by atoms with van der Waals surface area (Å²) in [4.78, 5) is 18.5. The lowest BCUT2D eigenvalue weighted by molar-refractivity contribution is -0.139. The Labute approximate surface area is 160 Å². The number of carbonyl (C=O) groups is 1. The van der Waals surface area contributed by atoms with Gasteiger partial charge < -0.3 is 14.4 Å². The maximum atomic E-state index is 14.3. The van der Waals surface area contributed by atoms with E-state index >= 15 is 0 Å². The number of amides is 1. The van der Waals surface area contributed by atoms with Crippen molar-refractivity contribution in [3.8, 4) is 17.0 Å². The van der Waals surface area contributed by atoms with Gasteiger partial charge >= 0.3 is 0 Å². The van der Waals surface area contributed by atoms with Crippen molar-refractivity contribution in [1.29, 1.82) is 0 Å². The highest BCUT2D eigenvalue weighted by Gasteiger charge is 2.28. The number of morpholine rings is 1. The largest absolute Gasteiger partial charge is 0.496 e. The van der Waals surface area contributed by atoms with Gasteiger partial charge in [0.15, 0.2) is 11.6 Å². The molecule has 1 aliphatic rings. The number of benzene rings is 1. The maximum Gasteiger partial charge on any atom is 0.222 e. The van der Waals surface area contributed by atoms with Crippen LogP contribution in [0.2, 0.25) is 0 Å². The second-order valence-electron chi connectivity index (χ2n) is 6.31. The molecule has 2 aromatic rings. The van der Waals surface area contributed by atoms with E-state index in [0.29, 0.717) is 36.8 Å². The predicted molar refractivity (Wildman–Crippen MR) is 98.8 cm³/mol. The smallest absolute Gasteiger partial charge is 0.222 e. The Morgan fingerprint density at radius 1 is 1.44 bits per heavy atom. The molecule has 8 heteroatoms. The van der Waals surface area contributed by atoms with Crippen molar-refractivity contribution < 1.29 is 23.0 Å². The molecule has 1 aliphatic heterocycles. The van der Waals surface area contributed by atoms with Gasteiger partial charge in [-0.3, -0.25) is 4.79 Å². The number of methoxy groups -OCH3 is 1. The van der Waals surface area contributed by atoms with Crippen LogP contribution in [0.3, 0.4) is 0 Å². The summed E-state index contributed by atoms with van der Waals surface area (Å²) in [6.45, 7) is 3.45. The van der Waals surface area contributed by atoms with Crippen molar-refractivity contribution in [3.05, 3.63) is 34.2 Å². The highest BCUT2D eigenvalue weighted by Crippen LogP contribution is 2.36. The second-order valence-corrected chi connectivity index (χ2v) is 7.20. The summed E-state index contributed by atoms with van der Waals surface area (Å²) < 4.78 is 38.9. The van der Waals surface area contributed by atoms with Crippen LogP contribution in [-0.4, -0.2) is 42.6 Å². The highest BCUT2D eigenvalue weighted by atomic mass is 32.1. The Hall–Kier alpha value is -2.06. The van der Waals surface area contributed by atoms with Crippen molar-refractivity contribution in [1.82, 2.24) is 9.88 Å². The first kappa shape index (κ1) is 19.7. The van der Waals surface area contributed by atoms with Gasteiger partial charge in [-0.1, -0.05) is 13.3 Å². The molecule has 3 rings (SSSR count). The fraction of sp³-hybridized carbons (Fsp3) is 0.474. The van der Waals surface area contributed by atoms with E-state index in [1.807, 2.05) is 6.92 Å². The Bertz CT molecular complexity index is 812. The van der Waals surface area contributed by atoms with Crippen LogP contribution in [0.4, 0.5) is 8.78 Å². The van der Waals surface area contributed by atoms with Crippen molar-refractivity contribution >= 4 is 17.2 Å². The monoisotopic (exact) mass is 396 g/mol. The molecule has 146 valence electrons. The highest BCUT2D eigenvalue weighted by molar-refractivity contribution is 7.10. The number of carbonyl (C=O) groups excluding carboxylic acids is 1. The fourth-order valence-corrected chi connectivity index (χ4v) is 3.85. The van der Waals surface area contributed by atoms with Gasteiger partial charge in [0.05, 0.1) is 31.5 Å². The average Bonchev–Trinajstić information content (AvgIpc) is 3.17. The third-order valence-corrected chi connectivity index (χ3v) is 5.43. The molecule has 27 heavy (non-hydrogen) atoms. The zero-order chi connectivity index (χ0) is 19.4. The number of aromatic nitrogens is 1. The van der Waals surface area contributed by atoms with E-state index in [1.54, 1.807) is 10.3 Å². The first-order valence-electron chi connectivity index (χ1n) is 8.92. The lowest BCUT2D eigenvalue weighted by atomic mass is 10.1. The molecule has 1 aromatic heterocycles. The van der Waals surface area contributed by atoms with Gasteiger partial charge in [0.2, 0.25) is 5.91 Å². The van der Waals surface area contributed by atoms with E-state index in [0.717, 1.165) is 18.9 Å². The van der Waals surface area contributed by atoms with Gasteiger partial charge in [-0.2, -0.15) is 0 Å². The number of rotatable bonds is 6. The summed E-state index contributed by atoms with van der Waals surface area (Å²) in [5.74, 6) is -1.62. The van der Waals surface area contributed by atoms with Crippen molar-refractivity contribution in [3.63, 3.8) is 0 Å². The third kappa shape index (κ3) is 4.27. The molecule has 1 amide bonds. The molecule has 0 aliphatic carbocycles. The zero-order valence-corrected chi connectivity index (χ0v) is 16.2. The number of ether oxygens (including phenoxy) is 2. The maximum absolute atomic E-state index is 14.3. The summed E-state index contributed by atoms with van der Waals surface area (Å²) in [6, 6.07) is 2.40. The van der Waals surface area contributed by atoms with Crippen LogP contribution in [0.5, 0.6) is 5.75 Å². The van der Waals surface area contributed by atoms with Gasteiger partial charge in [-0.25, -0.2) is 13.8 Å². The van der Waals surface area contributed by atoms with Crippen LogP contribution in [-0.2, 0) is 9.53 Å². The van der Waals surface area contributed by atoms with Crippen LogP contribution in [0.1, 0.15) is 37.3 Å². The number of nitrogens with zero attached hydrogens (tertiary/aromatic N) is 2. The quantitative estimate of drug-likeness (QED) is 0.735. The van der Waals surface area contributed by atoms with Gasteiger partial charge in [-0.05, 0) is 18.6 Å². The second kappa shape index (κ2) is 8.75. The molecule has 0 radical (unpaired) electrons. The summed E-state index contributed by atoms with van der Waals surface area (Å²) >= 11 is 1.30. The molecule has 0 bridgehead atoms. The minimum Gasteiger partial charge on any atom is -0.496 e. The van der Waals surface area contributed by atoms with Gasteiger partial charge in [0.1, 0.15) is 16.9 Å². The van der Waals surface area contributed by atoms with E-state index in [1.165, 1.54) is 24.5 Å². The van der Waals surface area contributed by atoms with E-state index < -0.39 is 11.6 Å². The molecular formula is C19H22F2N2O3S. The fourth-order valence-electron chi connectivity index (χ4n) is 3.00. The molecule has 1 aromatic carbocycles. The Morgan fingerprint density at radius 3 is 3.00 bits per heavy atom. The summed E-state index contributed by atoms with van der Waals surface area (Å²) in [5, 5.41) is 2.28. The summed E-state index contributed by atoms with van der Waals surface area (Å²) in [6.07, 6.45) is 1.99. The van der Waals surface area contributed by atoms with Gasteiger partial charge in [0, 0.05) is 18.3 Å². The average molecular weight is 396 g/mol. The predicted octanol–water partition coefficient (Wildman–Crippen LogP) is 4.19. The minimum absolute atomic E-state index is 0.00770. The zero-order valence-electron chi connectivity index (χ0n) is 15.3. The molecule has 0 saturated carbocycles. The van der Waals surface area contributed by atoms with Crippen molar-refractivity contribution in [2.75, 3.05) is 26.8 Å².